The van der Waals surface area contributed by atoms with Gasteiger partial charge in [0.2, 0.25) is 12.2 Å². The third-order valence-corrected chi connectivity index (χ3v) is 6.25. The van der Waals surface area contributed by atoms with Gasteiger partial charge < -0.3 is 39.9 Å². The largest absolute Gasteiger partial charge is 0.462 e. The van der Waals surface area contributed by atoms with E-state index in [1.54, 1.807) is 36.4 Å². The van der Waals surface area contributed by atoms with E-state index in [0.717, 1.165) is 10.8 Å². The molecule has 11 nitrogen and oxygen atoms in total. The quantitative estimate of drug-likeness (QED) is 0.218. The Bertz CT molecular complexity index is 1100. The van der Waals surface area contributed by atoms with E-state index >= 15 is 0 Å². The predicted molar refractivity (Wildman–Crippen MR) is 121 cm³/mol. The maximum Gasteiger partial charge on any atom is 0.325 e. The van der Waals surface area contributed by atoms with Crippen LogP contribution >= 0.6 is 7.60 Å². The average Bonchev–Trinajstić information content (AvgIpc) is 2.78. The second-order valence-electron chi connectivity index (χ2n) is 8.09. The lowest BCUT2D eigenvalue weighted by Crippen LogP contribution is -2.59. The Labute approximate surface area is 195 Å². The molecule has 184 valence electrons. The summed E-state index contributed by atoms with van der Waals surface area (Å²) in [5.74, 6) is 0.106. The molecule has 0 saturated carbocycles. The summed E-state index contributed by atoms with van der Waals surface area (Å²) < 4.78 is 22.3. The van der Waals surface area contributed by atoms with Crippen molar-refractivity contribution in [2.24, 2.45) is 0 Å². The van der Waals surface area contributed by atoms with Gasteiger partial charge in [0.05, 0.1) is 18.3 Å². The van der Waals surface area contributed by atoms with Crippen molar-refractivity contribution in [3.8, 4) is 11.8 Å². The topological polar surface area (TPSA) is 190 Å². The number of nitrogens with one attached hydrogen (secondary N) is 1. The molecule has 1 heterocycles. The van der Waals surface area contributed by atoms with Crippen LogP contribution in [0, 0.1) is 11.3 Å². The third kappa shape index (κ3) is 6.98. The molecule has 3 rings (SSSR count). The number of benzene rings is 2. The fraction of sp³-hybridized carbons (Fsp3) is 0.455. The maximum absolute atomic E-state index is 11.9. The van der Waals surface area contributed by atoms with E-state index in [4.69, 9.17) is 24.5 Å². The molecule has 1 aliphatic rings. The van der Waals surface area contributed by atoms with Gasteiger partial charge in [-0.2, -0.15) is 5.26 Å². The van der Waals surface area contributed by atoms with E-state index in [2.05, 4.69) is 5.32 Å². The van der Waals surface area contributed by atoms with Crippen molar-refractivity contribution in [2.75, 3.05) is 11.5 Å². The molecule has 0 spiro atoms. The Morgan fingerprint density at radius 3 is 2.50 bits per heavy atom. The summed E-state index contributed by atoms with van der Waals surface area (Å²) >= 11 is 0. The van der Waals surface area contributed by atoms with E-state index in [1.807, 2.05) is 6.07 Å². The maximum atomic E-state index is 11.9. The zero-order valence-electron chi connectivity index (χ0n) is 18.1. The lowest BCUT2D eigenvalue weighted by molar-refractivity contribution is -0.272. The number of ether oxygens (including phenoxy) is 2. The van der Waals surface area contributed by atoms with Crippen molar-refractivity contribution >= 4 is 30.0 Å². The predicted octanol–water partition coefficient (Wildman–Crippen LogP) is 1.23. The number of nitriles is 1. The molecular formula is C22H27N2O9P. The van der Waals surface area contributed by atoms with E-state index in [9.17, 15) is 24.7 Å². The van der Waals surface area contributed by atoms with Gasteiger partial charge in [0.15, 0.2) is 0 Å². The molecule has 6 N–H and O–H groups in total. The van der Waals surface area contributed by atoms with Crippen LogP contribution in [0.25, 0.3) is 10.8 Å². The summed E-state index contributed by atoms with van der Waals surface area (Å²) in [6, 6.07) is 12.2. The van der Waals surface area contributed by atoms with E-state index in [1.165, 1.54) is 0 Å². The molecule has 1 fully saturated rings. The third-order valence-electron chi connectivity index (χ3n) is 5.41. The lowest BCUT2D eigenvalue weighted by atomic mass is 9.97. The minimum Gasteiger partial charge on any atom is -0.462 e. The molecule has 1 saturated heterocycles. The molecule has 2 aromatic rings. The van der Waals surface area contributed by atoms with Gasteiger partial charge >= 0.3 is 7.60 Å². The Kier molecular flexibility index (Phi) is 8.62. The highest BCUT2D eigenvalue weighted by molar-refractivity contribution is 7.51. The smallest absolute Gasteiger partial charge is 0.325 e. The van der Waals surface area contributed by atoms with Crippen LogP contribution in [0.3, 0.4) is 0 Å². The SMILES string of the molecule is N#CCCCC(=O)Nc1ccc2cc(O[C@H]3O[C@H](CCP(=O)(O)O)[C@@H](O)[C@H](O)[C@@H]3O)ccc2c1. The number of aliphatic hydroxyl groups is 3. The number of carbonyl (C=O) groups excluding carboxylic acids is 1. The van der Waals surface area contributed by atoms with Gasteiger partial charge in [-0.05, 0) is 47.9 Å². The van der Waals surface area contributed by atoms with Crippen LogP contribution < -0.4 is 10.1 Å². The fourth-order valence-corrected chi connectivity index (χ4v) is 4.20. The number of hydrogen-bond donors (Lipinski definition) is 6. The number of aliphatic hydroxyl groups excluding tert-OH is 3. The van der Waals surface area contributed by atoms with Crippen molar-refractivity contribution < 1.29 is 43.9 Å². The Balaban J connectivity index is 1.68. The molecular weight excluding hydrogens is 467 g/mol. The van der Waals surface area contributed by atoms with Crippen LogP contribution in [-0.4, -0.2) is 67.9 Å². The summed E-state index contributed by atoms with van der Waals surface area (Å²) in [6.45, 7) is 0. The highest BCUT2D eigenvalue weighted by atomic mass is 31.2. The molecule has 2 aromatic carbocycles. The Hall–Kier alpha value is -2.55. The summed E-state index contributed by atoms with van der Waals surface area (Å²) in [7, 11) is -4.34. The van der Waals surface area contributed by atoms with Crippen LogP contribution in [0.15, 0.2) is 36.4 Å². The van der Waals surface area contributed by atoms with Gasteiger partial charge in [0.1, 0.15) is 24.1 Å². The van der Waals surface area contributed by atoms with Gasteiger partial charge in [-0.3, -0.25) is 9.36 Å². The number of anilines is 1. The molecule has 12 heteroatoms. The van der Waals surface area contributed by atoms with Gasteiger partial charge in [0, 0.05) is 18.5 Å². The van der Waals surface area contributed by atoms with Crippen LogP contribution in [0.2, 0.25) is 0 Å². The van der Waals surface area contributed by atoms with Gasteiger partial charge in [-0.15, -0.1) is 0 Å². The minimum absolute atomic E-state index is 0.188. The summed E-state index contributed by atoms with van der Waals surface area (Å²) in [4.78, 5) is 30.1. The molecule has 34 heavy (non-hydrogen) atoms. The van der Waals surface area contributed by atoms with Gasteiger partial charge in [-0.1, -0.05) is 12.1 Å². The first-order valence-corrected chi connectivity index (χ1v) is 12.5. The van der Waals surface area contributed by atoms with E-state index in [-0.39, 0.29) is 18.7 Å². The lowest BCUT2D eigenvalue weighted by Gasteiger charge is -2.40. The molecule has 1 amide bonds. The van der Waals surface area contributed by atoms with Crippen molar-refractivity contribution in [3.63, 3.8) is 0 Å². The normalized spacial score (nSPS) is 25.0. The van der Waals surface area contributed by atoms with Crippen LogP contribution in [0.1, 0.15) is 25.7 Å². The summed E-state index contributed by atoms with van der Waals surface area (Å²) in [5.41, 5.74) is 0.596. The van der Waals surface area contributed by atoms with Crippen LogP contribution in [0.4, 0.5) is 5.69 Å². The highest BCUT2D eigenvalue weighted by Gasteiger charge is 2.45. The second-order valence-corrected chi connectivity index (χ2v) is 9.87. The molecule has 1 aliphatic heterocycles. The first-order valence-electron chi connectivity index (χ1n) is 10.7. The van der Waals surface area contributed by atoms with E-state index in [0.29, 0.717) is 24.3 Å². The zero-order chi connectivity index (χ0) is 24.9. The van der Waals surface area contributed by atoms with Crippen LogP contribution in [-0.2, 0) is 14.1 Å². The highest BCUT2D eigenvalue weighted by Crippen LogP contribution is 2.37. The molecule has 0 bridgehead atoms. The molecule has 0 unspecified atom stereocenters. The first kappa shape index (κ1) is 26.1. The molecule has 5 atom stereocenters. The first-order chi connectivity index (χ1) is 16.1. The number of amides is 1. The zero-order valence-corrected chi connectivity index (χ0v) is 19.0. The van der Waals surface area contributed by atoms with Gasteiger partial charge in [0.25, 0.3) is 0 Å². The number of unbranched alkanes of at least 4 members (excludes halogenated alkanes) is 1. The van der Waals surface area contributed by atoms with Crippen LogP contribution in [0.5, 0.6) is 5.75 Å². The number of fused-ring (bicyclic) bond motifs is 1. The van der Waals surface area contributed by atoms with Crippen molar-refractivity contribution in [1.82, 2.24) is 0 Å². The van der Waals surface area contributed by atoms with Gasteiger partial charge in [-0.25, -0.2) is 0 Å². The standard InChI is InChI=1S/C22H27N2O9P/c23-9-2-1-3-18(25)24-15-6-4-14-12-16(7-5-13(14)11-15)32-22-21(28)20(27)19(26)17(33-22)8-10-34(29,30)31/h4-7,11-12,17,19-22,26-28H,1-3,8,10H2,(H,24,25)(H2,29,30,31)/t17-,19-,20+,21+,22+/m1/s1. The number of rotatable bonds is 9. The Morgan fingerprint density at radius 2 is 1.79 bits per heavy atom. The van der Waals surface area contributed by atoms with E-state index < -0.39 is 44.5 Å². The van der Waals surface area contributed by atoms with Crippen molar-refractivity contribution in [2.45, 2.75) is 56.4 Å². The number of carbonyl (C=O) groups is 1. The summed E-state index contributed by atoms with van der Waals surface area (Å²) in [5, 5.41) is 43.4. The summed E-state index contributed by atoms with van der Waals surface area (Å²) in [6.07, 6.45) is -7.01. The molecule has 0 aliphatic carbocycles. The number of nitrogens with zero attached hydrogens (tertiary/aromatic N) is 1. The Morgan fingerprint density at radius 1 is 1.09 bits per heavy atom. The molecule has 0 aromatic heterocycles. The minimum atomic E-state index is -4.34. The number of hydrogen-bond acceptors (Lipinski definition) is 8. The second kappa shape index (κ2) is 11.3. The fourth-order valence-electron chi connectivity index (χ4n) is 3.61. The van der Waals surface area contributed by atoms with Crippen molar-refractivity contribution in [1.29, 1.82) is 5.26 Å². The molecule has 0 radical (unpaired) electrons. The van der Waals surface area contributed by atoms with Crippen molar-refractivity contribution in [3.05, 3.63) is 36.4 Å². The monoisotopic (exact) mass is 494 g/mol. The average molecular weight is 494 g/mol.